The van der Waals surface area contributed by atoms with E-state index in [0.717, 1.165) is 0 Å². The second-order valence-electron chi connectivity index (χ2n) is 4.77. The zero-order chi connectivity index (χ0) is 17.1. The zero-order valence-electron chi connectivity index (χ0n) is 12.7. The lowest BCUT2D eigenvalue weighted by Gasteiger charge is -2.05. The molecule has 2 aromatic rings. The highest BCUT2D eigenvalue weighted by Gasteiger charge is 2.20. The Morgan fingerprint density at radius 1 is 1.39 bits per heavy atom. The maximum absolute atomic E-state index is 12.2. The first-order valence-electron chi connectivity index (χ1n) is 6.52. The fourth-order valence-corrected chi connectivity index (χ4v) is 1.97. The number of ether oxygens (including phenoxy) is 1. The van der Waals surface area contributed by atoms with Gasteiger partial charge < -0.3 is 10.1 Å². The van der Waals surface area contributed by atoms with E-state index in [-0.39, 0.29) is 22.6 Å². The van der Waals surface area contributed by atoms with Gasteiger partial charge in [0.25, 0.3) is 11.6 Å². The highest BCUT2D eigenvalue weighted by atomic mass is 16.6. The molecule has 0 saturated heterocycles. The Morgan fingerprint density at radius 2 is 2.09 bits per heavy atom. The van der Waals surface area contributed by atoms with Crippen molar-refractivity contribution in [2.24, 2.45) is 7.05 Å². The van der Waals surface area contributed by atoms with Gasteiger partial charge in [0.05, 0.1) is 17.7 Å². The molecule has 1 heterocycles. The van der Waals surface area contributed by atoms with Crippen molar-refractivity contribution < 1.29 is 19.2 Å². The van der Waals surface area contributed by atoms with Crippen LogP contribution in [0.4, 0.5) is 11.4 Å². The molecule has 1 aromatic heterocycles. The highest BCUT2D eigenvalue weighted by Crippen LogP contribution is 2.21. The number of aromatic nitrogens is 2. The number of aryl methyl sites for hydroxylation is 2. The van der Waals surface area contributed by atoms with Crippen LogP contribution < -0.4 is 5.32 Å². The maximum atomic E-state index is 12.2. The molecular formula is C14H14N4O5. The number of amides is 1. The average molecular weight is 318 g/mol. The van der Waals surface area contributed by atoms with Crippen LogP contribution >= 0.6 is 0 Å². The molecule has 1 amide bonds. The Bertz CT molecular complexity index is 796. The van der Waals surface area contributed by atoms with E-state index in [4.69, 9.17) is 0 Å². The predicted octanol–water partition coefficient (Wildman–Crippen LogP) is 1.68. The van der Waals surface area contributed by atoms with Crippen molar-refractivity contribution in [1.29, 1.82) is 0 Å². The first-order chi connectivity index (χ1) is 10.8. The van der Waals surface area contributed by atoms with Gasteiger partial charge in [-0.2, -0.15) is 5.10 Å². The fourth-order valence-electron chi connectivity index (χ4n) is 1.97. The zero-order valence-corrected chi connectivity index (χ0v) is 12.7. The van der Waals surface area contributed by atoms with Gasteiger partial charge >= 0.3 is 5.97 Å². The molecule has 0 bridgehead atoms. The van der Waals surface area contributed by atoms with Crippen molar-refractivity contribution in [2.75, 3.05) is 12.4 Å². The van der Waals surface area contributed by atoms with Crippen LogP contribution in [0, 0.1) is 17.0 Å². The number of rotatable bonds is 4. The van der Waals surface area contributed by atoms with Gasteiger partial charge in [-0.25, -0.2) is 4.79 Å². The summed E-state index contributed by atoms with van der Waals surface area (Å²) in [5, 5.41) is 17.3. The summed E-state index contributed by atoms with van der Waals surface area (Å²) in [6, 6.07) is 4.13. The Kier molecular flexibility index (Phi) is 4.39. The molecule has 0 radical (unpaired) electrons. The number of hydrogen-bond donors (Lipinski definition) is 1. The minimum atomic E-state index is -0.698. The van der Waals surface area contributed by atoms with E-state index in [1.54, 1.807) is 14.0 Å². The molecule has 0 spiro atoms. The first kappa shape index (κ1) is 16.1. The van der Waals surface area contributed by atoms with Gasteiger partial charge in [-0.1, -0.05) is 6.07 Å². The highest BCUT2D eigenvalue weighted by molar-refractivity contribution is 6.07. The quantitative estimate of drug-likeness (QED) is 0.521. The molecule has 9 heteroatoms. The molecule has 2 rings (SSSR count). The Balaban J connectivity index is 2.31. The molecule has 0 aliphatic rings. The lowest BCUT2D eigenvalue weighted by molar-refractivity contribution is -0.385. The molecule has 0 aliphatic heterocycles. The normalized spacial score (nSPS) is 10.2. The van der Waals surface area contributed by atoms with Crippen molar-refractivity contribution in [3.63, 3.8) is 0 Å². The number of esters is 1. The monoisotopic (exact) mass is 318 g/mol. The SMILES string of the molecule is COC(=O)c1nn(C)cc1NC(=O)c1ccc(C)c([N+](=O)[O-])c1. The van der Waals surface area contributed by atoms with E-state index < -0.39 is 16.8 Å². The third kappa shape index (κ3) is 3.34. The minimum absolute atomic E-state index is 0.0510. The van der Waals surface area contributed by atoms with Crippen molar-refractivity contribution >= 4 is 23.3 Å². The van der Waals surface area contributed by atoms with Crippen LogP contribution in [0.25, 0.3) is 0 Å². The molecule has 23 heavy (non-hydrogen) atoms. The smallest absolute Gasteiger partial charge is 0.360 e. The lowest BCUT2D eigenvalue weighted by atomic mass is 10.1. The first-order valence-corrected chi connectivity index (χ1v) is 6.52. The summed E-state index contributed by atoms with van der Waals surface area (Å²) in [5.41, 5.74) is 0.500. The molecule has 0 atom stereocenters. The molecule has 1 N–H and O–H groups in total. The summed E-state index contributed by atoms with van der Waals surface area (Å²) in [7, 11) is 2.78. The van der Waals surface area contributed by atoms with Crippen LogP contribution in [0.2, 0.25) is 0 Å². The number of nitro groups is 1. The molecule has 9 nitrogen and oxygen atoms in total. The van der Waals surface area contributed by atoms with E-state index in [1.165, 1.54) is 36.2 Å². The number of nitrogens with zero attached hydrogens (tertiary/aromatic N) is 3. The third-order valence-electron chi connectivity index (χ3n) is 3.12. The van der Waals surface area contributed by atoms with Crippen LogP contribution in [-0.4, -0.2) is 33.7 Å². The number of anilines is 1. The summed E-state index contributed by atoms with van der Waals surface area (Å²) in [6.07, 6.45) is 1.44. The van der Waals surface area contributed by atoms with E-state index in [0.29, 0.717) is 5.56 Å². The summed E-state index contributed by atoms with van der Waals surface area (Å²) in [6.45, 7) is 1.58. The van der Waals surface area contributed by atoms with Crippen LogP contribution in [0.3, 0.4) is 0 Å². The molecule has 0 saturated carbocycles. The molecule has 0 aliphatic carbocycles. The summed E-state index contributed by atoms with van der Waals surface area (Å²) in [4.78, 5) is 34.2. The summed E-state index contributed by atoms with van der Waals surface area (Å²) >= 11 is 0. The van der Waals surface area contributed by atoms with E-state index >= 15 is 0 Å². The second kappa shape index (κ2) is 6.26. The van der Waals surface area contributed by atoms with Crippen LogP contribution in [-0.2, 0) is 11.8 Å². The molecular weight excluding hydrogens is 304 g/mol. The van der Waals surface area contributed by atoms with Gasteiger partial charge in [0.15, 0.2) is 5.69 Å². The molecule has 0 fully saturated rings. The fraction of sp³-hybridized carbons (Fsp3) is 0.214. The van der Waals surface area contributed by atoms with Crippen LogP contribution in [0.5, 0.6) is 0 Å². The number of benzene rings is 1. The lowest BCUT2D eigenvalue weighted by Crippen LogP contribution is -2.15. The molecule has 1 aromatic carbocycles. The maximum Gasteiger partial charge on any atom is 0.360 e. The summed E-state index contributed by atoms with van der Waals surface area (Å²) in [5.74, 6) is -1.29. The number of nitro benzene ring substituents is 1. The average Bonchev–Trinajstić information content (AvgIpc) is 2.87. The standard InChI is InChI=1S/C14H14N4O5/c1-8-4-5-9(6-11(8)18(21)22)13(19)15-10-7-17(2)16-12(10)14(20)23-3/h4-7H,1-3H3,(H,15,19). The van der Waals surface area contributed by atoms with E-state index in [9.17, 15) is 19.7 Å². The van der Waals surface area contributed by atoms with Gasteiger partial charge in [-0.05, 0) is 13.0 Å². The van der Waals surface area contributed by atoms with Gasteiger partial charge in [-0.15, -0.1) is 0 Å². The Hall–Kier alpha value is -3.23. The molecule has 0 unspecified atom stereocenters. The van der Waals surface area contributed by atoms with Crippen molar-refractivity contribution in [3.8, 4) is 0 Å². The number of carbonyl (C=O) groups excluding carboxylic acids is 2. The third-order valence-corrected chi connectivity index (χ3v) is 3.12. The topological polar surface area (TPSA) is 116 Å². The summed E-state index contributed by atoms with van der Waals surface area (Å²) < 4.78 is 5.94. The Labute approximate surface area is 131 Å². The molecule has 120 valence electrons. The van der Waals surface area contributed by atoms with Gasteiger partial charge in [0.1, 0.15) is 0 Å². The largest absolute Gasteiger partial charge is 0.464 e. The van der Waals surface area contributed by atoms with Gasteiger partial charge in [0, 0.05) is 30.4 Å². The number of hydrogen-bond acceptors (Lipinski definition) is 6. The van der Waals surface area contributed by atoms with E-state index in [1.807, 2.05) is 0 Å². The van der Waals surface area contributed by atoms with Gasteiger partial charge in [-0.3, -0.25) is 19.6 Å². The van der Waals surface area contributed by atoms with Crippen LogP contribution in [0.1, 0.15) is 26.4 Å². The second-order valence-corrected chi connectivity index (χ2v) is 4.77. The number of carbonyl (C=O) groups is 2. The number of methoxy groups -OCH3 is 1. The Morgan fingerprint density at radius 3 is 2.70 bits per heavy atom. The van der Waals surface area contributed by atoms with Gasteiger partial charge in [0.2, 0.25) is 0 Å². The van der Waals surface area contributed by atoms with Crippen molar-refractivity contribution in [2.45, 2.75) is 6.92 Å². The van der Waals surface area contributed by atoms with E-state index in [2.05, 4.69) is 15.2 Å². The predicted molar refractivity (Wildman–Crippen MR) is 80.3 cm³/mol. The number of nitrogens with one attached hydrogen (secondary N) is 1. The van der Waals surface area contributed by atoms with Crippen molar-refractivity contribution in [3.05, 3.63) is 51.3 Å². The minimum Gasteiger partial charge on any atom is -0.464 e. The van der Waals surface area contributed by atoms with Crippen LogP contribution in [0.15, 0.2) is 24.4 Å². The van der Waals surface area contributed by atoms with Crippen molar-refractivity contribution in [1.82, 2.24) is 9.78 Å².